The number of H-pyrrole nitrogens is 1. The molecule has 0 saturated heterocycles. The van der Waals surface area contributed by atoms with E-state index < -0.39 is 0 Å². The molecular formula is C10H12N4. The van der Waals surface area contributed by atoms with Gasteiger partial charge in [-0.2, -0.15) is 5.10 Å². The highest BCUT2D eigenvalue weighted by Gasteiger charge is 2.03. The van der Waals surface area contributed by atoms with Gasteiger partial charge in [-0.1, -0.05) is 19.9 Å². The first kappa shape index (κ1) is 8.87. The summed E-state index contributed by atoms with van der Waals surface area (Å²) in [7, 11) is 0. The third-order valence-electron chi connectivity index (χ3n) is 2.11. The second-order valence-electron chi connectivity index (χ2n) is 3.47. The number of nitrogens with zero attached hydrogens (tertiary/aromatic N) is 3. The van der Waals surface area contributed by atoms with Crippen molar-refractivity contribution in [1.82, 2.24) is 20.2 Å². The van der Waals surface area contributed by atoms with Crippen LogP contribution in [-0.2, 0) is 0 Å². The number of nitrogens with one attached hydrogen (secondary N) is 1. The quantitative estimate of drug-likeness (QED) is 0.784. The average molecular weight is 188 g/mol. The molecule has 0 aliphatic carbocycles. The molecule has 2 rings (SSSR count). The van der Waals surface area contributed by atoms with Crippen molar-refractivity contribution < 1.29 is 0 Å². The van der Waals surface area contributed by atoms with E-state index in [1.54, 1.807) is 0 Å². The largest absolute Gasteiger partial charge is 0.258 e. The molecule has 0 fully saturated rings. The predicted octanol–water partition coefficient (Wildman–Crippen LogP) is 1.99. The molecule has 0 aliphatic heterocycles. The maximum Gasteiger partial charge on any atom is 0.174 e. The number of pyridine rings is 1. The Morgan fingerprint density at radius 3 is 2.57 bits per heavy atom. The summed E-state index contributed by atoms with van der Waals surface area (Å²) in [6.45, 7) is 4.29. The van der Waals surface area contributed by atoms with Gasteiger partial charge in [-0.15, -0.1) is 0 Å². The molecule has 0 saturated carbocycles. The Morgan fingerprint density at radius 2 is 2.07 bits per heavy atom. The highest BCUT2D eigenvalue weighted by Crippen LogP contribution is 2.16. The Morgan fingerprint density at radius 1 is 1.21 bits per heavy atom. The van der Waals surface area contributed by atoms with Crippen molar-refractivity contribution in [2.45, 2.75) is 19.8 Å². The molecule has 4 heteroatoms. The summed E-state index contributed by atoms with van der Waals surface area (Å²) in [5, 5.41) is 6.56. The number of aromatic amines is 1. The van der Waals surface area contributed by atoms with Gasteiger partial charge in [0.05, 0.1) is 0 Å². The minimum absolute atomic E-state index is 0.506. The minimum Gasteiger partial charge on any atom is -0.258 e. The summed E-state index contributed by atoms with van der Waals surface area (Å²) >= 11 is 0. The molecule has 1 N–H and O–H groups in total. The summed E-state index contributed by atoms with van der Waals surface area (Å²) in [5.41, 5.74) is 2.06. The Balaban J connectivity index is 2.31. The van der Waals surface area contributed by atoms with E-state index in [9.17, 15) is 0 Å². The zero-order chi connectivity index (χ0) is 9.97. The summed E-state index contributed by atoms with van der Waals surface area (Å²) in [6, 6.07) is 4.02. The third-order valence-corrected chi connectivity index (χ3v) is 2.11. The van der Waals surface area contributed by atoms with Gasteiger partial charge in [-0.3, -0.25) is 10.1 Å². The van der Waals surface area contributed by atoms with Crippen LogP contribution in [0.25, 0.3) is 11.5 Å². The molecule has 2 aromatic rings. The number of rotatable bonds is 2. The van der Waals surface area contributed by atoms with Crippen molar-refractivity contribution in [3.8, 4) is 11.5 Å². The lowest BCUT2D eigenvalue weighted by atomic mass is 10.1. The first-order valence-corrected chi connectivity index (χ1v) is 4.59. The highest BCUT2D eigenvalue weighted by atomic mass is 15.2. The van der Waals surface area contributed by atoms with Gasteiger partial charge in [-0.05, 0) is 17.5 Å². The van der Waals surface area contributed by atoms with E-state index in [0.717, 1.165) is 5.69 Å². The first-order valence-electron chi connectivity index (χ1n) is 4.59. The van der Waals surface area contributed by atoms with Crippen molar-refractivity contribution in [2.75, 3.05) is 0 Å². The van der Waals surface area contributed by atoms with Crippen molar-refractivity contribution in [3.63, 3.8) is 0 Å². The molecule has 0 aliphatic rings. The molecule has 2 heterocycles. The molecular weight excluding hydrogens is 176 g/mol. The molecule has 0 aromatic carbocycles. The molecule has 72 valence electrons. The minimum atomic E-state index is 0.506. The first-order chi connectivity index (χ1) is 6.77. The number of hydrogen-bond acceptors (Lipinski definition) is 3. The Bertz CT molecular complexity index is 389. The van der Waals surface area contributed by atoms with E-state index in [4.69, 9.17) is 0 Å². The van der Waals surface area contributed by atoms with Crippen molar-refractivity contribution in [1.29, 1.82) is 0 Å². The summed E-state index contributed by atoms with van der Waals surface area (Å²) in [6.07, 6.45) is 3.36. The van der Waals surface area contributed by atoms with E-state index in [1.807, 2.05) is 12.3 Å². The zero-order valence-corrected chi connectivity index (χ0v) is 8.23. The lowest BCUT2D eigenvalue weighted by Gasteiger charge is -2.04. The van der Waals surface area contributed by atoms with Gasteiger partial charge in [0.2, 0.25) is 0 Å². The SMILES string of the molecule is CC(C)c1ccc(-c2ncn[nH]2)nc1. The number of aromatic nitrogens is 4. The van der Waals surface area contributed by atoms with E-state index in [0.29, 0.717) is 11.7 Å². The Hall–Kier alpha value is -1.71. The summed E-state index contributed by atoms with van der Waals surface area (Å²) < 4.78 is 0. The van der Waals surface area contributed by atoms with Crippen molar-refractivity contribution in [3.05, 3.63) is 30.2 Å². The Labute approximate surface area is 82.4 Å². The topological polar surface area (TPSA) is 54.5 Å². The van der Waals surface area contributed by atoms with Crippen LogP contribution in [0, 0.1) is 0 Å². The third kappa shape index (κ3) is 1.64. The summed E-state index contributed by atoms with van der Waals surface area (Å²) in [5.74, 6) is 1.21. The second kappa shape index (κ2) is 3.57. The second-order valence-corrected chi connectivity index (χ2v) is 3.47. The fourth-order valence-corrected chi connectivity index (χ4v) is 1.22. The van der Waals surface area contributed by atoms with Crippen LogP contribution in [0.1, 0.15) is 25.3 Å². The highest BCUT2D eigenvalue weighted by molar-refractivity contribution is 5.47. The van der Waals surface area contributed by atoms with Crippen LogP contribution in [0.4, 0.5) is 0 Å². The van der Waals surface area contributed by atoms with E-state index in [-0.39, 0.29) is 0 Å². The van der Waals surface area contributed by atoms with Gasteiger partial charge in [-0.25, -0.2) is 4.98 Å². The molecule has 14 heavy (non-hydrogen) atoms. The molecule has 0 atom stereocenters. The van der Waals surface area contributed by atoms with Crippen LogP contribution in [0.3, 0.4) is 0 Å². The lowest BCUT2D eigenvalue weighted by Crippen LogP contribution is -1.91. The lowest BCUT2D eigenvalue weighted by molar-refractivity contribution is 0.858. The van der Waals surface area contributed by atoms with Crippen LogP contribution in [0.5, 0.6) is 0 Å². The average Bonchev–Trinajstić information content (AvgIpc) is 2.71. The molecule has 4 nitrogen and oxygen atoms in total. The van der Waals surface area contributed by atoms with Crippen LogP contribution in [0.15, 0.2) is 24.7 Å². The normalized spacial score (nSPS) is 10.8. The fraction of sp³-hybridized carbons (Fsp3) is 0.300. The smallest absolute Gasteiger partial charge is 0.174 e. The van der Waals surface area contributed by atoms with Gasteiger partial charge in [0.25, 0.3) is 0 Å². The molecule has 2 aromatic heterocycles. The molecule has 0 unspecified atom stereocenters. The van der Waals surface area contributed by atoms with E-state index in [1.165, 1.54) is 11.9 Å². The molecule has 0 radical (unpaired) electrons. The van der Waals surface area contributed by atoms with Crippen LogP contribution in [0.2, 0.25) is 0 Å². The van der Waals surface area contributed by atoms with E-state index >= 15 is 0 Å². The maximum atomic E-state index is 4.31. The van der Waals surface area contributed by atoms with Crippen molar-refractivity contribution >= 4 is 0 Å². The van der Waals surface area contributed by atoms with Crippen LogP contribution < -0.4 is 0 Å². The van der Waals surface area contributed by atoms with Crippen molar-refractivity contribution in [2.24, 2.45) is 0 Å². The van der Waals surface area contributed by atoms with Gasteiger partial charge < -0.3 is 0 Å². The van der Waals surface area contributed by atoms with Crippen LogP contribution in [-0.4, -0.2) is 20.2 Å². The monoisotopic (exact) mass is 188 g/mol. The van der Waals surface area contributed by atoms with Gasteiger partial charge in [0.1, 0.15) is 12.0 Å². The maximum absolute atomic E-state index is 4.31. The van der Waals surface area contributed by atoms with Gasteiger partial charge in [0, 0.05) is 6.20 Å². The predicted molar refractivity (Wildman–Crippen MR) is 53.7 cm³/mol. The van der Waals surface area contributed by atoms with Gasteiger partial charge in [0.15, 0.2) is 5.82 Å². The standard InChI is InChI=1S/C10H12N4/c1-7(2)8-3-4-9(11-5-8)10-12-6-13-14-10/h3-7H,1-2H3,(H,12,13,14). The Kier molecular flexibility index (Phi) is 2.26. The summed E-state index contributed by atoms with van der Waals surface area (Å²) in [4.78, 5) is 8.34. The zero-order valence-electron chi connectivity index (χ0n) is 8.23. The fourth-order valence-electron chi connectivity index (χ4n) is 1.22. The van der Waals surface area contributed by atoms with E-state index in [2.05, 4.69) is 40.1 Å². The molecule has 0 amide bonds. The van der Waals surface area contributed by atoms with Crippen LogP contribution >= 0.6 is 0 Å². The molecule has 0 bridgehead atoms. The number of hydrogen-bond donors (Lipinski definition) is 1. The molecule has 0 spiro atoms. The van der Waals surface area contributed by atoms with Gasteiger partial charge >= 0.3 is 0 Å².